The van der Waals surface area contributed by atoms with E-state index in [0.29, 0.717) is 0 Å². The predicted octanol–water partition coefficient (Wildman–Crippen LogP) is 4.77. The molecule has 0 unspecified atom stereocenters. The fraction of sp³-hybridized carbons (Fsp3) is 0.158. The first-order valence-electron chi connectivity index (χ1n) is 7.39. The van der Waals surface area contributed by atoms with Crippen molar-refractivity contribution in [3.63, 3.8) is 0 Å². The molecule has 0 saturated carbocycles. The summed E-state index contributed by atoms with van der Waals surface area (Å²) in [5.74, 6) is 1.63. The average Bonchev–Trinajstić information content (AvgIpc) is 2.58. The molecule has 2 aromatic rings. The molecule has 0 aliphatic carbocycles. The number of aliphatic hydroxyl groups excluding tert-OH is 1. The summed E-state index contributed by atoms with van der Waals surface area (Å²) in [6, 6.07) is 15.9. The number of hydrogen-bond donors (Lipinski definition) is 1. The van der Waals surface area contributed by atoms with Gasteiger partial charge in [0.2, 0.25) is 0 Å². The van der Waals surface area contributed by atoms with E-state index in [1.807, 2.05) is 74.5 Å². The molecule has 0 atom stereocenters. The molecule has 0 amide bonds. The van der Waals surface area contributed by atoms with E-state index in [-0.39, 0.29) is 6.61 Å². The van der Waals surface area contributed by atoms with Gasteiger partial charge in [0.25, 0.3) is 0 Å². The minimum Gasteiger partial charge on any atom is -0.453 e. The van der Waals surface area contributed by atoms with Gasteiger partial charge in [-0.3, -0.25) is 0 Å². The van der Waals surface area contributed by atoms with Crippen LogP contribution in [-0.2, 0) is 0 Å². The van der Waals surface area contributed by atoms with E-state index in [4.69, 9.17) is 4.74 Å². The van der Waals surface area contributed by atoms with Gasteiger partial charge in [-0.15, -0.1) is 0 Å². The average molecular weight is 293 g/mol. The van der Waals surface area contributed by atoms with Crippen LogP contribution in [0.3, 0.4) is 0 Å². The summed E-state index contributed by atoms with van der Waals surface area (Å²) in [7, 11) is 0. The van der Waals surface area contributed by atoms with Crippen LogP contribution in [-0.4, -0.2) is 11.7 Å². The third-order valence-electron chi connectivity index (χ3n) is 3.79. The molecule has 1 aliphatic rings. The van der Waals surface area contributed by atoms with Crippen LogP contribution in [0.4, 0.5) is 11.4 Å². The third kappa shape index (κ3) is 2.30. The lowest BCUT2D eigenvalue weighted by Crippen LogP contribution is -2.22. The Kier molecular flexibility index (Phi) is 3.98. The lowest BCUT2D eigenvalue weighted by molar-refractivity contribution is 0.332. The smallest absolute Gasteiger partial charge is 0.151 e. The fourth-order valence-corrected chi connectivity index (χ4v) is 2.74. The third-order valence-corrected chi connectivity index (χ3v) is 3.79. The van der Waals surface area contributed by atoms with Crippen molar-refractivity contribution in [2.45, 2.75) is 13.8 Å². The molecule has 1 aliphatic heterocycles. The van der Waals surface area contributed by atoms with E-state index in [0.717, 1.165) is 34.1 Å². The summed E-state index contributed by atoms with van der Waals surface area (Å²) in [6.07, 6.45) is 3.96. The number of rotatable bonds is 3. The van der Waals surface area contributed by atoms with Gasteiger partial charge >= 0.3 is 0 Å². The maximum Gasteiger partial charge on any atom is 0.151 e. The van der Waals surface area contributed by atoms with Crippen LogP contribution < -0.4 is 9.64 Å². The molecule has 0 saturated heterocycles. The number of anilines is 2. The Hall–Kier alpha value is -2.52. The summed E-state index contributed by atoms with van der Waals surface area (Å²) in [6.45, 7) is 3.92. The number of hydrogen-bond acceptors (Lipinski definition) is 3. The van der Waals surface area contributed by atoms with Gasteiger partial charge in [-0.1, -0.05) is 36.4 Å². The molecule has 3 heteroatoms. The van der Waals surface area contributed by atoms with Crippen LogP contribution in [0, 0.1) is 0 Å². The molecule has 112 valence electrons. The zero-order valence-electron chi connectivity index (χ0n) is 12.8. The van der Waals surface area contributed by atoms with Crippen molar-refractivity contribution < 1.29 is 9.84 Å². The Labute approximate surface area is 130 Å². The van der Waals surface area contributed by atoms with Crippen molar-refractivity contribution in [2.75, 3.05) is 11.5 Å². The Bertz CT molecular complexity index is 701. The lowest BCUT2D eigenvalue weighted by Gasteiger charge is -2.35. The summed E-state index contributed by atoms with van der Waals surface area (Å²) in [5.41, 5.74) is 3.80. The minimum absolute atomic E-state index is 0.00212. The highest BCUT2D eigenvalue weighted by molar-refractivity contribution is 5.82. The van der Waals surface area contributed by atoms with Gasteiger partial charge < -0.3 is 14.7 Å². The van der Waals surface area contributed by atoms with Crippen LogP contribution in [0.5, 0.6) is 11.5 Å². The monoisotopic (exact) mass is 293 g/mol. The molecule has 1 N–H and O–H groups in total. The van der Waals surface area contributed by atoms with E-state index >= 15 is 0 Å². The van der Waals surface area contributed by atoms with Gasteiger partial charge in [0.15, 0.2) is 11.5 Å². The molecule has 22 heavy (non-hydrogen) atoms. The molecule has 0 radical (unpaired) electrons. The van der Waals surface area contributed by atoms with Crippen molar-refractivity contribution in [2.24, 2.45) is 0 Å². The first kappa shape index (κ1) is 14.4. The molecule has 0 spiro atoms. The number of nitrogens with zero attached hydrogens (tertiary/aromatic N) is 1. The van der Waals surface area contributed by atoms with Gasteiger partial charge in [0.05, 0.1) is 18.0 Å². The van der Waals surface area contributed by atoms with Crippen molar-refractivity contribution >= 4 is 11.4 Å². The Morgan fingerprint density at radius 2 is 1.50 bits per heavy atom. The molecule has 0 bridgehead atoms. The number of allylic oxidation sites excluding steroid dienone is 2. The van der Waals surface area contributed by atoms with Gasteiger partial charge in [0, 0.05) is 5.70 Å². The first-order chi connectivity index (χ1) is 10.8. The molecule has 2 aromatic carbocycles. The summed E-state index contributed by atoms with van der Waals surface area (Å²) >= 11 is 0. The largest absolute Gasteiger partial charge is 0.453 e. The van der Waals surface area contributed by atoms with Gasteiger partial charge in [0.1, 0.15) is 0 Å². The molecular formula is C19H19NO2. The first-order valence-corrected chi connectivity index (χ1v) is 7.39. The zero-order valence-corrected chi connectivity index (χ0v) is 12.8. The normalized spacial score (nSPS) is 14.2. The van der Waals surface area contributed by atoms with Crippen molar-refractivity contribution in [1.29, 1.82) is 0 Å². The molecule has 1 heterocycles. The van der Waals surface area contributed by atoms with Crippen LogP contribution in [0.1, 0.15) is 13.8 Å². The Balaban J connectivity index is 2.22. The van der Waals surface area contributed by atoms with Crippen molar-refractivity contribution in [3.8, 4) is 11.5 Å². The number of para-hydroxylation sites is 4. The number of benzene rings is 2. The summed E-state index contributed by atoms with van der Waals surface area (Å²) in [5, 5.41) is 9.69. The predicted molar refractivity (Wildman–Crippen MR) is 89.7 cm³/mol. The maximum absolute atomic E-state index is 9.69. The molecule has 3 rings (SSSR count). The van der Waals surface area contributed by atoms with E-state index in [9.17, 15) is 5.11 Å². The van der Waals surface area contributed by atoms with Crippen LogP contribution in [0.15, 0.2) is 72.0 Å². The molecule has 0 fully saturated rings. The highest BCUT2D eigenvalue weighted by Gasteiger charge is 2.27. The lowest BCUT2D eigenvalue weighted by atomic mass is 10.1. The van der Waals surface area contributed by atoms with Gasteiger partial charge in [-0.05, 0) is 43.7 Å². The molecule has 0 aromatic heterocycles. The number of fused-ring (bicyclic) bond motifs is 2. The standard InChI is InChI=1S/C19H19NO2/c1-3-14(13-21)15(4-2)20-16-9-5-7-11-18(16)22-19-12-8-6-10-17(19)20/h3-12,21H,13H2,1-2H3/b14-3-,15-4+. The fourth-order valence-electron chi connectivity index (χ4n) is 2.74. The second kappa shape index (κ2) is 6.08. The highest BCUT2D eigenvalue weighted by Crippen LogP contribution is 2.48. The summed E-state index contributed by atoms with van der Waals surface area (Å²) < 4.78 is 6.00. The second-order valence-corrected chi connectivity index (χ2v) is 5.02. The number of ether oxygens (including phenoxy) is 1. The highest BCUT2D eigenvalue weighted by atomic mass is 16.5. The van der Waals surface area contributed by atoms with Crippen LogP contribution in [0.25, 0.3) is 0 Å². The van der Waals surface area contributed by atoms with E-state index in [1.54, 1.807) is 0 Å². The summed E-state index contributed by atoms with van der Waals surface area (Å²) in [4.78, 5) is 2.14. The van der Waals surface area contributed by atoms with Crippen LogP contribution in [0.2, 0.25) is 0 Å². The topological polar surface area (TPSA) is 32.7 Å². The van der Waals surface area contributed by atoms with E-state index in [1.165, 1.54) is 0 Å². The molecule has 3 nitrogen and oxygen atoms in total. The van der Waals surface area contributed by atoms with Gasteiger partial charge in [-0.25, -0.2) is 0 Å². The number of aliphatic hydroxyl groups is 1. The second-order valence-electron chi connectivity index (χ2n) is 5.02. The van der Waals surface area contributed by atoms with Crippen molar-refractivity contribution in [1.82, 2.24) is 0 Å². The van der Waals surface area contributed by atoms with Crippen molar-refractivity contribution in [3.05, 3.63) is 72.0 Å². The van der Waals surface area contributed by atoms with E-state index in [2.05, 4.69) is 4.90 Å². The van der Waals surface area contributed by atoms with Crippen LogP contribution >= 0.6 is 0 Å². The minimum atomic E-state index is -0.00212. The molecular weight excluding hydrogens is 274 g/mol. The Morgan fingerprint density at radius 3 is 1.95 bits per heavy atom. The maximum atomic E-state index is 9.69. The zero-order chi connectivity index (χ0) is 15.5. The van der Waals surface area contributed by atoms with Gasteiger partial charge in [-0.2, -0.15) is 0 Å². The Morgan fingerprint density at radius 1 is 0.955 bits per heavy atom. The SMILES string of the molecule is C/C=C(CO)\C(=C/C)N1c2ccccc2Oc2ccccc21. The van der Waals surface area contributed by atoms with E-state index < -0.39 is 0 Å². The quantitative estimate of drug-likeness (QED) is 0.827.